The summed E-state index contributed by atoms with van der Waals surface area (Å²) in [6.07, 6.45) is 3.14. The lowest BCUT2D eigenvalue weighted by Crippen LogP contribution is -2.28. The van der Waals surface area contributed by atoms with Crippen molar-refractivity contribution < 1.29 is 4.79 Å². The Labute approximate surface area is 107 Å². The minimum absolute atomic E-state index is 0.00203. The second-order valence-electron chi connectivity index (χ2n) is 3.81. The van der Waals surface area contributed by atoms with Gasteiger partial charge in [-0.2, -0.15) is 0 Å². The van der Waals surface area contributed by atoms with Crippen LogP contribution in [0.1, 0.15) is 18.5 Å². The Morgan fingerprint density at radius 1 is 1.47 bits per heavy atom. The molecular formula is C13H17ClN2O. The number of carbonyl (C=O) groups is 1. The summed E-state index contributed by atoms with van der Waals surface area (Å²) in [5, 5.41) is 0.693. The average molecular weight is 253 g/mol. The van der Waals surface area contributed by atoms with Crippen molar-refractivity contribution >= 4 is 17.5 Å². The van der Waals surface area contributed by atoms with Crippen molar-refractivity contribution in [2.45, 2.75) is 13.0 Å². The lowest BCUT2D eigenvalue weighted by Gasteiger charge is -2.24. The van der Waals surface area contributed by atoms with Gasteiger partial charge in [-0.25, -0.2) is 0 Å². The van der Waals surface area contributed by atoms with E-state index >= 15 is 0 Å². The minimum atomic E-state index is -0.0575. The Hall–Kier alpha value is -1.32. The zero-order valence-corrected chi connectivity index (χ0v) is 10.8. The lowest BCUT2D eigenvalue weighted by molar-refractivity contribution is -0.126. The van der Waals surface area contributed by atoms with Crippen molar-refractivity contribution in [1.82, 2.24) is 4.90 Å². The SMILES string of the molecule is CC(c1ccc(Cl)cc1)N(C)C(=O)/C=C/CN. The van der Waals surface area contributed by atoms with Crippen LogP contribution in [0.3, 0.4) is 0 Å². The van der Waals surface area contributed by atoms with Crippen LogP contribution in [-0.2, 0) is 4.79 Å². The number of benzene rings is 1. The van der Waals surface area contributed by atoms with Crippen LogP contribution in [0.25, 0.3) is 0 Å². The molecule has 4 heteroatoms. The first-order valence-corrected chi connectivity index (χ1v) is 5.83. The van der Waals surface area contributed by atoms with Gasteiger partial charge in [-0.1, -0.05) is 29.8 Å². The maximum Gasteiger partial charge on any atom is 0.246 e. The highest BCUT2D eigenvalue weighted by Gasteiger charge is 2.14. The molecule has 1 aromatic rings. The van der Waals surface area contributed by atoms with Crippen LogP contribution in [0.2, 0.25) is 5.02 Å². The molecule has 0 saturated heterocycles. The highest BCUT2D eigenvalue weighted by atomic mass is 35.5. The predicted octanol–water partition coefficient (Wildman–Crippen LogP) is 2.37. The second-order valence-corrected chi connectivity index (χ2v) is 4.25. The van der Waals surface area contributed by atoms with Crippen LogP contribution >= 0.6 is 11.6 Å². The number of likely N-dealkylation sites (N-methyl/N-ethyl adjacent to an activating group) is 1. The molecule has 0 saturated carbocycles. The Morgan fingerprint density at radius 3 is 2.59 bits per heavy atom. The van der Waals surface area contributed by atoms with E-state index in [4.69, 9.17) is 17.3 Å². The van der Waals surface area contributed by atoms with Crippen molar-refractivity contribution in [2.75, 3.05) is 13.6 Å². The zero-order valence-electron chi connectivity index (χ0n) is 10.1. The van der Waals surface area contributed by atoms with E-state index in [9.17, 15) is 4.79 Å². The molecule has 1 amide bonds. The van der Waals surface area contributed by atoms with Crippen LogP contribution in [-0.4, -0.2) is 24.4 Å². The summed E-state index contributed by atoms with van der Waals surface area (Å²) in [5.41, 5.74) is 6.36. The largest absolute Gasteiger partial charge is 0.335 e. The van der Waals surface area contributed by atoms with E-state index in [1.807, 2.05) is 31.2 Å². The number of rotatable bonds is 4. The summed E-state index contributed by atoms with van der Waals surface area (Å²) in [6, 6.07) is 7.48. The molecule has 1 unspecified atom stereocenters. The molecule has 0 aliphatic rings. The predicted molar refractivity (Wildman–Crippen MR) is 70.8 cm³/mol. The maximum absolute atomic E-state index is 11.7. The van der Waals surface area contributed by atoms with Crippen molar-refractivity contribution in [3.05, 3.63) is 47.0 Å². The molecule has 0 fully saturated rings. The molecule has 0 spiro atoms. The van der Waals surface area contributed by atoms with E-state index in [1.54, 1.807) is 18.0 Å². The van der Waals surface area contributed by atoms with Crippen molar-refractivity contribution in [3.8, 4) is 0 Å². The number of nitrogens with two attached hydrogens (primary N) is 1. The molecule has 1 rings (SSSR count). The molecule has 3 nitrogen and oxygen atoms in total. The Kier molecular flexibility index (Phi) is 5.19. The summed E-state index contributed by atoms with van der Waals surface area (Å²) in [6.45, 7) is 2.34. The van der Waals surface area contributed by atoms with Crippen LogP contribution in [0.5, 0.6) is 0 Å². The maximum atomic E-state index is 11.7. The average Bonchev–Trinajstić information content (AvgIpc) is 2.35. The first kappa shape index (κ1) is 13.7. The molecule has 1 atom stereocenters. The summed E-state index contributed by atoms with van der Waals surface area (Å²) in [7, 11) is 1.77. The van der Waals surface area contributed by atoms with E-state index in [1.165, 1.54) is 6.08 Å². The van der Waals surface area contributed by atoms with Crippen LogP contribution in [0, 0.1) is 0 Å². The molecule has 0 aliphatic carbocycles. The van der Waals surface area contributed by atoms with E-state index < -0.39 is 0 Å². The number of hydrogen-bond donors (Lipinski definition) is 1. The molecule has 0 aromatic heterocycles. The Morgan fingerprint density at radius 2 is 2.06 bits per heavy atom. The number of hydrogen-bond acceptors (Lipinski definition) is 2. The van der Waals surface area contributed by atoms with Crippen LogP contribution < -0.4 is 5.73 Å². The zero-order chi connectivity index (χ0) is 12.8. The Balaban J connectivity index is 2.75. The minimum Gasteiger partial charge on any atom is -0.335 e. The summed E-state index contributed by atoms with van der Waals surface area (Å²) in [4.78, 5) is 13.4. The third-order valence-electron chi connectivity index (χ3n) is 2.68. The quantitative estimate of drug-likeness (QED) is 0.837. The molecule has 0 heterocycles. The number of nitrogens with zero attached hydrogens (tertiary/aromatic N) is 1. The summed E-state index contributed by atoms with van der Waals surface area (Å²) >= 11 is 5.82. The fourth-order valence-corrected chi connectivity index (χ4v) is 1.57. The first-order chi connectivity index (χ1) is 8.06. The highest BCUT2D eigenvalue weighted by molar-refractivity contribution is 6.30. The fourth-order valence-electron chi connectivity index (χ4n) is 1.44. The van der Waals surface area contributed by atoms with Gasteiger partial charge in [0.2, 0.25) is 5.91 Å². The van der Waals surface area contributed by atoms with Gasteiger partial charge in [-0.3, -0.25) is 4.79 Å². The van der Waals surface area contributed by atoms with E-state index in [2.05, 4.69) is 0 Å². The molecule has 2 N–H and O–H groups in total. The number of halogens is 1. The van der Waals surface area contributed by atoms with E-state index in [0.717, 1.165) is 5.56 Å². The molecule has 17 heavy (non-hydrogen) atoms. The summed E-state index contributed by atoms with van der Waals surface area (Å²) in [5.74, 6) is -0.0575. The second kappa shape index (κ2) is 6.42. The molecule has 92 valence electrons. The van der Waals surface area contributed by atoms with Gasteiger partial charge in [0.05, 0.1) is 6.04 Å². The fraction of sp³-hybridized carbons (Fsp3) is 0.308. The standard InChI is InChI=1S/C13H17ClN2O/c1-10(11-5-7-12(14)8-6-11)16(2)13(17)4-3-9-15/h3-8,10H,9,15H2,1-2H3/b4-3+. The molecule has 0 bridgehead atoms. The van der Waals surface area contributed by atoms with Gasteiger partial charge in [0, 0.05) is 24.7 Å². The lowest BCUT2D eigenvalue weighted by atomic mass is 10.1. The van der Waals surface area contributed by atoms with Gasteiger partial charge in [-0.05, 0) is 24.6 Å². The highest BCUT2D eigenvalue weighted by Crippen LogP contribution is 2.20. The third kappa shape index (κ3) is 3.88. The van der Waals surface area contributed by atoms with Gasteiger partial charge in [-0.15, -0.1) is 0 Å². The van der Waals surface area contributed by atoms with Gasteiger partial charge < -0.3 is 10.6 Å². The van der Waals surface area contributed by atoms with Crippen LogP contribution in [0.15, 0.2) is 36.4 Å². The van der Waals surface area contributed by atoms with E-state index in [0.29, 0.717) is 11.6 Å². The van der Waals surface area contributed by atoms with Gasteiger partial charge in [0.1, 0.15) is 0 Å². The third-order valence-corrected chi connectivity index (χ3v) is 2.93. The van der Waals surface area contributed by atoms with Gasteiger partial charge in [0.25, 0.3) is 0 Å². The first-order valence-electron chi connectivity index (χ1n) is 5.45. The topological polar surface area (TPSA) is 46.3 Å². The van der Waals surface area contributed by atoms with E-state index in [-0.39, 0.29) is 11.9 Å². The molecule has 0 radical (unpaired) electrons. The van der Waals surface area contributed by atoms with Crippen LogP contribution in [0.4, 0.5) is 0 Å². The molecule has 1 aromatic carbocycles. The van der Waals surface area contributed by atoms with Gasteiger partial charge in [0.15, 0.2) is 0 Å². The monoisotopic (exact) mass is 252 g/mol. The van der Waals surface area contributed by atoms with Gasteiger partial charge >= 0.3 is 0 Å². The molecular weight excluding hydrogens is 236 g/mol. The number of carbonyl (C=O) groups excluding carboxylic acids is 1. The number of amides is 1. The smallest absolute Gasteiger partial charge is 0.246 e. The summed E-state index contributed by atoms with van der Waals surface area (Å²) < 4.78 is 0. The van der Waals surface area contributed by atoms with Crippen molar-refractivity contribution in [1.29, 1.82) is 0 Å². The Bertz CT molecular complexity index is 400. The van der Waals surface area contributed by atoms with Crippen molar-refractivity contribution in [2.24, 2.45) is 5.73 Å². The van der Waals surface area contributed by atoms with Crippen molar-refractivity contribution in [3.63, 3.8) is 0 Å². The normalized spacial score (nSPS) is 12.7. The molecule has 0 aliphatic heterocycles.